The molecule has 0 saturated heterocycles. The molecule has 25 heavy (non-hydrogen) atoms. The van der Waals surface area contributed by atoms with Crippen molar-refractivity contribution in [3.63, 3.8) is 0 Å². The van der Waals surface area contributed by atoms with Crippen molar-refractivity contribution in [3.8, 4) is 0 Å². The molecule has 1 aromatic heterocycles. The van der Waals surface area contributed by atoms with Crippen LogP contribution in [-0.2, 0) is 27.8 Å². The van der Waals surface area contributed by atoms with E-state index in [9.17, 15) is 13.2 Å². The molecule has 0 bridgehead atoms. The van der Waals surface area contributed by atoms with Crippen molar-refractivity contribution in [1.82, 2.24) is 15.0 Å². The van der Waals surface area contributed by atoms with Gasteiger partial charge in [-0.3, -0.25) is 4.79 Å². The molecule has 0 fully saturated rings. The summed E-state index contributed by atoms with van der Waals surface area (Å²) in [6, 6.07) is 15.8. The Morgan fingerprint density at radius 2 is 1.88 bits per heavy atom. The van der Waals surface area contributed by atoms with Crippen LogP contribution in [0.15, 0.2) is 59.5 Å². The number of hydrogen-bond acceptors (Lipinski definition) is 3. The van der Waals surface area contributed by atoms with E-state index >= 15 is 0 Å². The van der Waals surface area contributed by atoms with E-state index in [0.29, 0.717) is 18.5 Å². The Balaban J connectivity index is 1.48. The van der Waals surface area contributed by atoms with Crippen molar-refractivity contribution < 1.29 is 13.2 Å². The Kier molecular flexibility index (Phi) is 3.82. The third-order valence-corrected chi connectivity index (χ3v) is 5.91. The predicted molar refractivity (Wildman–Crippen MR) is 94.4 cm³/mol. The molecule has 0 spiro atoms. The lowest BCUT2D eigenvalue weighted by atomic mass is 10.1. The number of para-hydroxylation sites is 1. The number of H-pyrrole nitrogens is 1. The fourth-order valence-corrected chi connectivity index (χ4v) is 4.57. The van der Waals surface area contributed by atoms with Gasteiger partial charge in [-0.25, -0.2) is 8.42 Å². The molecule has 2 heterocycles. The molecule has 1 aliphatic rings. The van der Waals surface area contributed by atoms with E-state index in [1.807, 2.05) is 30.3 Å². The minimum Gasteiger partial charge on any atom is -0.357 e. The molecule has 1 atom stereocenters. The van der Waals surface area contributed by atoms with E-state index in [1.54, 1.807) is 24.3 Å². The fourth-order valence-electron chi connectivity index (χ4n) is 3.13. The van der Waals surface area contributed by atoms with E-state index in [0.717, 1.165) is 16.6 Å². The molecule has 4 rings (SSSR count). The molecule has 1 aliphatic heterocycles. The summed E-state index contributed by atoms with van der Waals surface area (Å²) in [5, 5.41) is 3.87. The zero-order valence-corrected chi connectivity index (χ0v) is 14.1. The summed E-state index contributed by atoms with van der Waals surface area (Å²) in [6.45, 7) is 0.313. The molecule has 0 radical (unpaired) electrons. The first-order chi connectivity index (χ1) is 12.0. The van der Waals surface area contributed by atoms with E-state index in [-0.39, 0.29) is 10.8 Å². The average Bonchev–Trinajstić information content (AvgIpc) is 3.02. The molecule has 7 heteroatoms. The normalized spacial score (nSPS) is 18.6. The smallest absolute Gasteiger partial charge is 0.241 e. The molecule has 6 nitrogen and oxygen atoms in total. The Morgan fingerprint density at radius 1 is 1.12 bits per heavy atom. The van der Waals surface area contributed by atoms with Gasteiger partial charge >= 0.3 is 0 Å². The molecular weight excluding hydrogens is 338 g/mol. The highest BCUT2D eigenvalue weighted by atomic mass is 32.2. The van der Waals surface area contributed by atoms with Crippen LogP contribution >= 0.6 is 0 Å². The average molecular weight is 355 g/mol. The number of carbonyl (C=O) groups excluding carboxylic acids is 1. The number of carbonyl (C=O) groups is 1. The lowest BCUT2D eigenvalue weighted by molar-refractivity contribution is -0.122. The summed E-state index contributed by atoms with van der Waals surface area (Å²) in [6.07, 6.45) is 0.341. The number of aromatic amines is 1. The zero-order chi connectivity index (χ0) is 17.4. The summed E-state index contributed by atoms with van der Waals surface area (Å²) >= 11 is 0. The highest BCUT2D eigenvalue weighted by Gasteiger charge is 2.33. The highest BCUT2D eigenvalue weighted by Crippen LogP contribution is 2.22. The Bertz CT molecular complexity index is 1020. The standard InChI is InChI=1S/C18H17N3O3S/c22-18(19-11-14-9-12-5-1-3-7-15(12)20-14)16-10-13-6-2-4-8-17(13)25(23,24)21-16/h1-9,16,20-21H,10-11H2,(H,19,22)/t16-/m0/s1. The monoisotopic (exact) mass is 355 g/mol. The third kappa shape index (κ3) is 3.04. The SMILES string of the molecule is O=C(NCc1cc2ccccc2[nH]1)[C@@H]1Cc2ccccc2S(=O)(=O)N1. The van der Waals surface area contributed by atoms with Crippen LogP contribution in [0, 0.1) is 0 Å². The quantitative estimate of drug-likeness (QED) is 0.668. The Morgan fingerprint density at radius 3 is 2.72 bits per heavy atom. The first-order valence-electron chi connectivity index (χ1n) is 7.97. The summed E-state index contributed by atoms with van der Waals surface area (Å²) in [4.78, 5) is 15.9. The number of benzene rings is 2. The van der Waals surface area contributed by atoms with Crippen LogP contribution in [-0.4, -0.2) is 25.4 Å². The van der Waals surface area contributed by atoms with Crippen molar-refractivity contribution in [2.75, 3.05) is 0 Å². The molecule has 1 amide bonds. The lowest BCUT2D eigenvalue weighted by Gasteiger charge is -2.24. The molecule has 2 aromatic carbocycles. The zero-order valence-electron chi connectivity index (χ0n) is 13.3. The van der Waals surface area contributed by atoms with E-state index in [2.05, 4.69) is 15.0 Å². The summed E-state index contributed by atoms with van der Waals surface area (Å²) in [5.74, 6) is -0.336. The summed E-state index contributed by atoms with van der Waals surface area (Å²) in [7, 11) is -3.66. The van der Waals surface area contributed by atoms with Gasteiger partial charge in [-0.1, -0.05) is 36.4 Å². The first kappa shape index (κ1) is 15.9. The van der Waals surface area contributed by atoms with Gasteiger partial charge in [0.25, 0.3) is 0 Å². The van der Waals surface area contributed by atoms with Crippen LogP contribution in [0.4, 0.5) is 0 Å². The lowest BCUT2D eigenvalue weighted by Crippen LogP contribution is -2.50. The van der Waals surface area contributed by atoms with Gasteiger partial charge in [0.05, 0.1) is 11.4 Å². The van der Waals surface area contributed by atoms with Crippen LogP contribution in [0.1, 0.15) is 11.3 Å². The van der Waals surface area contributed by atoms with Crippen molar-refractivity contribution in [1.29, 1.82) is 0 Å². The minimum atomic E-state index is -3.66. The largest absolute Gasteiger partial charge is 0.357 e. The topological polar surface area (TPSA) is 91.1 Å². The summed E-state index contributed by atoms with van der Waals surface area (Å²) in [5.41, 5.74) is 2.53. The van der Waals surface area contributed by atoms with Crippen molar-refractivity contribution in [2.45, 2.75) is 23.9 Å². The molecule has 0 unspecified atom stereocenters. The number of fused-ring (bicyclic) bond motifs is 2. The van der Waals surface area contributed by atoms with Gasteiger partial charge in [-0.2, -0.15) is 4.72 Å². The van der Waals surface area contributed by atoms with Crippen LogP contribution in [0.5, 0.6) is 0 Å². The minimum absolute atomic E-state index is 0.245. The number of aromatic nitrogens is 1. The third-order valence-electron chi connectivity index (χ3n) is 4.34. The second kappa shape index (κ2) is 6.02. The molecule has 3 aromatic rings. The number of nitrogens with one attached hydrogen (secondary N) is 3. The maximum Gasteiger partial charge on any atom is 0.241 e. The molecule has 0 saturated carbocycles. The summed E-state index contributed by atoms with van der Waals surface area (Å²) < 4.78 is 27.0. The van der Waals surface area contributed by atoms with Gasteiger partial charge in [-0.05, 0) is 35.6 Å². The molecule has 128 valence electrons. The predicted octanol–water partition coefficient (Wildman–Crippen LogP) is 1.69. The van der Waals surface area contributed by atoms with Gasteiger partial charge in [-0.15, -0.1) is 0 Å². The van der Waals surface area contributed by atoms with Gasteiger partial charge in [0.15, 0.2) is 0 Å². The van der Waals surface area contributed by atoms with Crippen LogP contribution in [0.3, 0.4) is 0 Å². The number of amides is 1. The maximum atomic E-state index is 12.4. The van der Waals surface area contributed by atoms with Gasteiger partial charge in [0.2, 0.25) is 15.9 Å². The second-order valence-corrected chi connectivity index (χ2v) is 7.77. The van der Waals surface area contributed by atoms with Crippen molar-refractivity contribution in [3.05, 3.63) is 65.9 Å². The number of hydrogen-bond donors (Lipinski definition) is 3. The molecule has 3 N–H and O–H groups in total. The van der Waals surface area contributed by atoms with Crippen LogP contribution in [0.25, 0.3) is 10.9 Å². The van der Waals surface area contributed by atoms with Crippen LogP contribution in [0.2, 0.25) is 0 Å². The fraction of sp³-hybridized carbons (Fsp3) is 0.167. The van der Waals surface area contributed by atoms with Gasteiger partial charge in [0.1, 0.15) is 6.04 Å². The van der Waals surface area contributed by atoms with Crippen LogP contribution < -0.4 is 10.0 Å². The van der Waals surface area contributed by atoms with E-state index in [4.69, 9.17) is 0 Å². The van der Waals surface area contributed by atoms with E-state index in [1.165, 1.54) is 0 Å². The maximum absolute atomic E-state index is 12.4. The molecule has 0 aliphatic carbocycles. The van der Waals surface area contributed by atoms with E-state index < -0.39 is 16.1 Å². The van der Waals surface area contributed by atoms with Crippen molar-refractivity contribution >= 4 is 26.8 Å². The van der Waals surface area contributed by atoms with Crippen molar-refractivity contribution in [2.24, 2.45) is 0 Å². The second-order valence-electron chi connectivity index (χ2n) is 6.09. The first-order valence-corrected chi connectivity index (χ1v) is 9.46. The number of rotatable bonds is 3. The Labute approximate surface area is 145 Å². The van der Waals surface area contributed by atoms with Gasteiger partial charge in [0, 0.05) is 11.2 Å². The highest BCUT2D eigenvalue weighted by molar-refractivity contribution is 7.89. The molecular formula is C18H17N3O3S. The van der Waals surface area contributed by atoms with Gasteiger partial charge < -0.3 is 10.3 Å². The number of sulfonamides is 1. The Hall–Kier alpha value is -2.64.